The Morgan fingerprint density at radius 2 is 2.44 bits per heavy atom. The highest BCUT2D eigenvalue weighted by atomic mass is 16.5. The van der Waals surface area contributed by atoms with E-state index < -0.39 is 0 Å². The minimum atomic E-state index is 0.107. The van der Waals surface area contributed by atoms with Crippen molar-refractivity contribution < 1.29 is 9.84 Å². The summed E-state index contributed by atoms with van der Waals surface area (Å²) in [5, 5.41) is 17.0. The molecule has 0 radical (unpaired) electrons. The molecule has 94 valence electrons. The monoisotopic (exact) mass is 245 g/mol. The van der Waals surface area contributed by atoms with E-state index in [1.165, 1.54) is 0 Å². The van der Waals surface area contributed by atoms with Crippen molar-refractivity contribution in [2.75, 3.05) is 11.9 Å². The number of nitrogens with zero attached hydrogens (tertiary/aromatic N) is 2. The second-order valence-electron chi connectivity index (χ2n) is 4.31. The average molecular weight is 245 g/mol. The van der Waals surface area contributed by atoms with Crippen LogP contribution in [0, 0.1) is 0 Å². The fraction of sp³-hybridized carbons (Fsp3) is 0.308. The van der Waals surface area contributed by atoms with Gasteiger partial charge in [-0.05, 0) is 19.1 Å². The van der Waals surface area contributed by atoms with Crippen molar-refractivity contribution in [2.45, 2.75) is 19.5 Å². The van der Waals surface area contributed by atoms with Gasteiger partial charge in [0.1, 0.15) is 18.1 Å². The molecule has 0 fully saturated rings. The van der Waals surface area contributed by atoms with Crippen LogP contribution in [0.15, 0.2) is 30.6 Å². The lowest BCUT2D eigenvalue weighted by atomic mass is 10.1. The standard InChI is InChI=1S/C13H15N3O2/c1-2-16-7-9(6-14-16)15-12-8-18-13-5-10(17)3-4-11(12)13/h3-7,12,15,17H,2,8H2,1H3. The van der Waals surface area contributed by atoms with Gasteiger partial charge in [0.05, 0.1) is 17.9 Å². The highest BCUT2D eigenvalue weighted by molar-refractivity contribution is 5.50. The quantitative estimate of drug-likeness (QED) is 0.870. The van der Waals surface area contributed by atoms with E-state index in [1.807, 2.05) is 30.1 Å². The van der Waals surface area contributed by atoms with Gasteiger partial charge in [-0.3, -0.25) is 4.68 Å². The Balaban J connectivity index is 1.80. The maximum Gasteiger partial charge on any atom is 0.128 e. The fourth-order valence-electron chi connectivity index (χ4n) is 2.13. The number of rotatable bonds is 3. The summed E-state index contributed by atoms with van der Waals surface area (Å²) < 4.78 is 7.42. The van der Waals surface area contributed by atoms with Crippen LogP contribution in [-0.2, 0) is 6.54 Å². The molecule has 1 unspecified atom stereocenters. The minimum absolute atomic E-state index is 0.107. The molecule has 0 amide bonds. The highest BCUT2D eigenvalue weighted by Gasteiger charge is 2.24. The number of phenols is 1. The van der Waals surface area contributed by atoms with Gasteiger partial charge in [0.2, 0.25) is 0 Å². The van der Waals surface area contributed by atoms with Crippen LogP contribution in [0.5, 0.6) is 11.5 Å². The summed E-state index contributed by atoms with van der Waals surface area (Å²) in [5.41, 5.74) is 2.04. The van der Waals surface area contributed by atoms with E-state index in [0.29, 0.717) is 6.61 Å². The third kappa shape index (κ3) is 1.88. The first-order valence-corrected chi connectivity index (χ1v) is 6.01. The van der Waals surface area contributed by atoms with Crippen LogP contribution in [-0.4, -0.2) is 21.5 Å². The Morgan fingerprint density at radius 3 is 3.22 bits per heavy atom. The summed E-state index contributed by atoms with van der Waals surface area (Å²) in [6.07, 6.45) is 3.78. The van der Waals surface area contributed by atoms with E-state index in [4.69, 9.17) is 4.74 Å². The van der Waals surface area contributed by atoms with Crippen molar-refractivity contribution in [3.63, 3.8) is 0 Å². The Bertz CT molecular complexity index is 565. The van der Waals surface area contributed by atoms with Crippen molar-refractivity contribution in [3.8, 4) is 11.5 Å². The molecule has 5 heteroatoms. The number of ether oxygens (including phenoxy) is 1. The first-order valence-electron chi connectivity index (χ1n) is 6.01. The lowest BCUT2D eigenvalue weighted by Gasteiger charge is -2.10. The van der Waals surface area contributed by atoms with Gasteiger partial charge in [-0.2, -0.15) is 5.10 Å². The predicted octanol–water partition coefficient (Wildman–Crippen LogP) is 2.15. The Morgan fingerprint density at radius 1 is 1.56 bits per heavy atom. The molecule has 0 spiro atoms. The number of fused-ring (bicyclic) bond motifs is 1. The normalized spacial score (nSPS) is 17.3. The first-order chi connectivity index (χ1) is 8.76. The molecular formula is C13H15N3O2. The molecule has 18 heavy (non-hydrogen) atoms. The van der Waals surface area contributed by atoms with Crippen molar-refractivity contribution >= 4 is 5.69 Å². The Kier molecular flexibility index (Phi) is 2.59. The Labute approximate surface area is 105 Å². The molecule has 1 aromatic carbocycles. The summed E-state index contributed by atoms with van der Waals surface area (Å²) in [6, 6.07) is 5.32. The maximum atomic E-state index is 9.39. The van der Waals surface area contributed by atoms with Gasteiger partial charge in [-0.25, -0.2) is 0 Å². The van der Waals surface area contributed by atoms with Gasteiger partial charge >= 0.3 is 0 Å². The molecule has 0 saturated carbocycles. The molecule has 0 aliphatic carbocycles. The molecule has 5 nitrogen and oxygen atoms in total. The van der Waals surface area contributed by atoms with Crippen molar-refractivity contribution in [1.82, 2.24) is 9.78 Å². The molecule has 2 aromatic rings. The first kappa shape index (κ1) is 11.0. The predicted molar refractivity (Wildman–Crippen MR) is 67.9 cm³/mol. The maximum absolute atomic E-state index is 9.39. The lowest BCUT2D eigenvalue weighted by molar-refractivity contribution is 0.338. The molecule has 3 rings (SSSR count). The number of hydrogen-bond acceptors (Lipinski definition) is 4. The van der Waals surface area contributed by atoms with E-state index in [9.17, 15) is 5.11 Å². The molecular weight excluding hydrogens is 230 g/mol. The number of anilines is 1. The zero-order valence-electron chi connectivity index (χ0n) is 10.1. The van der Waals surface area contributed by atoms with Crippen molar-refractivity contribution in [2.24, 2.45) is 0 Å². The molecule has 1 atom stereocenters. The van der Waals surface area contributed by atoms with Crippen LogP contribution in [0.25, 0.3) is 0 Å². The van der Waals surface area contributed by atoms with E-state index in [1.54, 1.807) is 12.1 Å². The van der Waals surface area contributed by atoms with Gasteiger partial charge in [-0.15, -0.1) is 0 Å². The smallest absolute Gasteiger partial charge is 0.128 e. The second-order valence-corrected chi connectivity index (χ2v) is 4.31. The molecule has 2 heterocycles. The molecule has 0 bridgehead atoms. The van der Waals surface area contributed by atoms with Gasteiger partial charge in [0, 0.05) is 24.4 Å². The summed E-state index contributed by atoms with van der Waals surface area (Å²) in [5.74, 6) is 0.976. The van der Waals surface area contributed by atoms with Crippen LogP contribution in [0.1, 0.15) is 18.5 Å². The molecule has 1 aliphatic rings. The lowest BCUT2D eigenvalue weighted by Crippen LogP contribution is -2.11. The summed E-state index contributed by atoms with van der Waals surface area (Å²) >= 11 is 0. The van der Waals surface area contributed by atoms with E-state index in [-0.39, 0.29) is 11.8 Å². The van der Waals surface area contributed by atoms with E-state index >= 15 is 0 Å². The van der Waals surface area contributed by atoms with Crippen LogP contribution in [0.2, 0.25) is 0 Å². The summed E-state index contributed by atoms with van der Waals surface area (Å²) in [6.45, 7) is 3.47. The number of phenolic OH excluding ortho intramolecular Hbond substituents is 1. The number of aromatic nitrogens is 2. The minimum Gasteiger partial charge on any atom is -0.508 e. The molecule has 1 aliphatic heterocycles. The zero-order chi connectivity index (χ0) is 12.5. The highest BCUT2D eigenvalue weighted by Crippen LogP contribution is 2.36. The van der Waals surface area contributed by atoms with Gasteiger partial charge < -0.3 is 15.2 Å². The van der Waals surface area contributed by atoms with Crippen LogP contribution in [0.3, 0.4) is 0 Å². The summed E-state index contributed by atoms with van der Waals surface area (Å²) in [4.78, 5) is 0. The Hall–Kier alpha value is -2.17. The number of aryl methyl sites for hydroxylation is 1. The average Bonchev–Trinajstić information content (AvgIpc) is 2.97. The fourth-order valence-corrected chi connectivity index (χ4v) is 2.13. The van der Waals surface area contributed by atoms with Gasteiger partial charge in [0.25, 0.3) is 0 Å². The van der Waals surface area contributed by atoms with Crippen molar-refractivity contribution in [1.29, 1.82) is 0 Å². The van der Waals surface area contributed by atoms with Gasteiger partial charge in [0.15, 0.2) is 0 Å². The van der Waals surface area contributed by atoms with Gasteiger partial charge in [-0.1, -0.05) is 0 Å². The SMILES string of the molecule is CCn1cc(NC2COc3cc(O)ccc32)cn1. The number of benzene rings is 1. The van der Waals surface area contributed by atoms with Crippen molar-refractivity contribution in [3.05, 3.63) is 36.2 Å². The van der Waals surface area contributed by atoms with Crippen LogP contribution >= 0.6 is 0 Å². The molecule has 2 N–H and O–H groups in total. The number of hydrogen-bond donors (Lipinski definition) is 2. The second kappa shape index (κ2) is 4.25. The van der Waals surface area contributed by atoms with E-state index in [2.05, 4.69) is 10.4 Å². The van der Waals surface area contributed by atoms with E-state index in [0.717, 1.165) is 23.5 Å². The zero-order valence-corrected chi connectivity index (χ0v) is 10.1. The van der Waals surface area contributed by atoms with Crippen LogP contribution < -0.4 is 10.1 Å². The largest absolute Gasteiger partial charge is 0.508 e. The number of nitrogens with one attached hydrogen (secondary N) is 1. The van der Waals surface area contributed by atoms with Crippen LogP contribution in [0.4, 0.5) is 5.69 Å². The number of aromatic hydroxyl groups is 1. The summed E-state index contributed by atoms with van der Waals surface area (Å²) in [7, 11) is 0. The molecule has 0 saturated heterocycles. The third-order valence-electron chi connectivity index (χ3n) is 3.08. The topological polar surface area (TPSA) is 59.3 Å². The third-order valence-corrected chi connectivity index (χ3v) is 3.08. The molecule has 1 aromatic heterocycles.